The van der Waals surface area contributed by atoms with Crippen LogP contribution in [0.3, 0.4) is 0 Å². The summed E-state index contributed by atoms with van der Waals surface area (Å²) in [7, 11) is 0. The molecular weight excluding hydrogens is 683 g/mol. The van der Waals surface area contributed by atoms with Gasteiger partial charge in [0.25, 0.3) is 0 Å². The van der Waals surface area contributed by atoms with E-state index in [-0.39, 0.29) is 24.9 Å². The van der Waals surface area contributed by atoms with E-state index >= 15 is 0 Å². The van der Waals surface area contributed by atoms with Gasteiger partial charge in [0.2, 0.25) is 5.91 Å². The van der Waals surface area contributed by atoms with Gasteiger partial charge in [-0.05, 0) is 70.6 Å². The summed E-state index contributed by atoms with van der Waals surface area (Å²) in [6, 6.07) is -0.717. The molecule has 0 aromatic rings. The standard InChI is InChI=1S/C49H85NO5/c1-4-7-10-13-16-19-22-24-26-28-31-34-37-40-45(55-49(54)42-39-36-33-30-27-25-23-20-17-14-11-8-5-2)43-48(53)50-46(44-51)47(52)41-38-35-32-29-21-18-15-12-9-6-3/h8,11,14,16-17,19-20,22-25,27,45-47,51-52H,4-7,9-10,12-13,15,18,21,26,28-44H2,1-3H3,(H,50,53)/b11-8+,17-14+,19-16+,23-20-,24-22+,27-25-. The molecular formula is C49H85NO5. The Morgan fingerprint density at radius 2 is 0.982 bits per heavy atom. The predicted molar refractivity (Wildman–Crippen MR) is 236 cm³/mol. The van der Waals surface area contributed by atoms with Crippen molar-refractivity contribution in [2.24, 2.45) is 0 Å². The number of aliphatic hydroxyl groups excluding tert-OH is 2. The third-order valence-corrected chi connectivity index (χ3v) is 9.89. The highest BCUT2D eigenvalue weighted by molar-refractivity contribution is 5.77. The van der Waals surface area contributed by atoms with E-state index in [0.717, 1.165) is 89.9 Å². The number of hydrogen-bond acceptors (Lipinski definition) is 5. The van der Waals surface area contributed by atoms with Crippen molar-refractivity contribution in [1.29, 1.82) is 0 Å². The van der Waals surface area contributed by atoms with Crippen molar-refractivity contribution in [3.8, 4) is 0 Å². The highest BCUT2D eigenvalue weighted by atomic mass is 16.5. The van der Waals surface area contributed by atoms with Crippen LogP contribution < -0.4 is 5.32 Å². The van der Waals surface area contributed by atoms with Gasteiger partial charge >= 0.3 is 5.97 Å². The Morgan fingerprint density at radius 1 is 0.545 bits per heavy atom. The Morgan fingerprint density at radius 3 is 1.55 bits per heavy atom. The molecule has 0 fully saturated rings. The fraction of sp³-hybridized carbons (Fsp3) is 0.714. The van der Waals surface area contributed by atoms with Crippen LogP contribution in [0.15, 0.2) is 72.9 Å². The van der Waals surface area contributed by atoms with Gasteiger partial charge in [-0.15, -0.1) is 0 Å². The molecule has 6 nitrogen and oxygen atoms in total. The molecule has 0 aromatic carbocycles. The van der Waals surface area contributed by atoms with Crippen LogP contribution in [0.1, 0.15) is 201 Å². The molecule has 3 unspecified atom stereocenters. The van der Waals surface area contributed by atoms with Gasteiger partial charge in [-0.3, -0.25) is 9.59 Å². The highest BCUT2D eigenvalue weighted by Gasteiger charge is 2.24. The maximum absolute atomic E-state index is 13.1. The minimum atomic E-state index is -0.801. The lowest BCUT2D eigenvalue weighted by atomic mass is 10.0. The second kappa shape index (κ2) is 42.4. The van der Waals surface area contributed by atoms with Crippen LogP contribution in [0.25, 0.3) is 0 Å². The highest BCUT2D eigenvalue weighted by Crippen LogP contribution is 2.17. The molecule has 0 saturated heterocycles. The number of nitrogens with one attached hydrogen (secondary N) is 1. The summed E-state index contributed by atoms with van der Waals surface area (Å²) in [6.07, 6.45) is 52.4. The molecule has 0 rings (SSSR count). The molecule has 0 saturated carbocycles. The van der Waals surface area contributed by atoms with E-state index < -0.39 is 18.2 Å². The average Bonchev–Trinajstić information content (AvgIpc) is 3.18. The van der Waals surface area contributed by atoms with E-state index in [1.807, 2.05) is 30.4 Å². The van der Waals surface area contributed by atoms with E-state index in [9.17, 15) is 19.8 Å². The predicted octanol–water partition coefficient (Wildman–Crippen LogP) is 13.1. The van der Waals surface area contributed by atoms with Crippen molar-refractivity contribution >= 4 is 11.9 Å². The Hall–Kier alpha value is -2.70. The Balaban J connectivity index is 4.73. The SMILES string of the molecule is CC/C=C/C=C/C=C\C=C/CCCCCC(=O)OC(CCCCCC/C=C/C=C/CCCCC)CC(=O)NC(CO)C(O)CCCCCCCCCCCC. The first-order valence-corrected chi connectivity index (χ1v) is 22.7. The molecule has 0 bridgehead atoms. The zero-order valence-electron chi connectivity index (χ0n) is 35.8. The molecule has 316 valence electrons. The number of esters is 1. The van der Waals surface area contributed by atoms with E-state index in [0.29, 0.717) is 19.3 Å². The van der Waals surface area contributed by atoms with E-state index in [4.69, 9.17) is 4.74 Å². The normalized spacial score (nSPS) is 14.1. The van der Waals surface area contributed by atoms with Crippen LogP contribution in [0, 0.1) is 0 Å². The fourth-order valence-corrected chi connectivity index (χ4v) is 6.43. The van der Waals surface area contributed by atoms with Crippen LogP contribution >= 0.6 is 0 Å². The van der Waals surface area contributed by atoms with Crippen molar-refractivity contribution in [2.45, 2.75) is 219 Å². The first kappa shape index (κ1) is 52.3. The third kappa shape index (κ3) is 38.0. The first-order valence-electron chi connectivity index (χ1n) is 22.7. The summed E-state index contributed by atoms with van der Waals surface area (Å²) < 4.78 is 5.87. The molecule has 1 amide bonds. The number of hydrogen-bond donors (Lipinski definition) is 3. The molecule has 0 spiro atoms. The van der Waals surface area contributed by atoms with Crippen molar-refractivity contribution in [1.82, 2.24) is 5.32 Å². The summed E-state index contributed by atoms with van der Waals surface area (Å²) >= 11 is 0. The lowest BCUT2D eigenvalue weighted by molar-refractivity contribution is -0.151. The van der Waals surface area contributed by atoms with E-state index in [2.05, 4.69) is 68.6 Å². The minimum Gasteiger partial charge on any atom is -0.462 e. The molecule has 6 heteroatoms. The number of amides is 1. The Labute approximate surface area is 339 Å². The Bertz CT molecular complexity index is 1040. The van der Waals surface area contributed by atoms with Gasteiger partial charge in [-0.2, -0.15) is 0 Å². The minimum absolute atomic E-state index is 0.0446. The number of allylic oxidation sites excluding steroid dienone is 12. The van der Waals surface area contributed by atoms with Gasteiger partial charge in [0.15, 0.2) is 0 Å². The maximum atomic E-state index is 13.1. The molecule has 55 heavy (non-hydrogen) atoms. The van der Waals surface area contributed by atoms with Gasteiger partial charge in [-0.25, -0.2) is 0 Å². The molecule has 0 aliphatic rings. The number of carbonyl (C=O) groups excluding carboxylic acids is 2. The molecule has 0 heterocycles. The smallest absolute Gasteiger partial charge is 0.306 e. The van der Waals surface area contributed by atoms with Crippen LogP contribution in [-0.4, -0.2) is 46.9 Å². The van der Waals surface area contributed by atoms with Gasteiger partial charge < -0.3 is 20.3 Å². The van der Waals surface area contributed by atoms with Gasteiger partial charge in [-0.1, -0.05) is 190 Å². The number of aliphatic hydroxyl groups is 2. The molecule has 0 aromatic heterocycles. The topological polar surface area (TPSA) is 95.9 Å². The number of ether oxygens (including phenoxy) is 1. The van der Waals surface area contributed by atoms with Gasteiger partial charge in [0.1, 0.15) is 6.10 Å². The molecule has 0 aliphatic carbocycles. The van der Waals surface area contributed by atoms with E-state index in [1.165, 1.54) is 64.2 Å². The molecule has 0 aliphatic heterocycles. The summed E-state index contributed by atoms with van der Waals surface area (Å²) in [5.74, 6) is -0.548. The van der Waals surface area contributed by atoms with Gasteiger partial charge in [0.05, 0.1) is 25.2 Å². The van der Waals surface area contributed by atoms with Crippen LogP contribution in [0.2, 0.25) is 0 Å². The van der Waals surface area contributed by atoms with E-state index in [1.54, 1.807) is 0 Å². The maximum Gasteiger partial charge on any atom is 0.306 e. The number of rotatable bonds is 39. The summed E-state index contributed by atoms with van der Waals surface area (Å²) in [5, 5.41) is 23.6. The fourth-order valence-electron chi connectivity index (χ4n) is 6.43. The zero-order valence-corrected chi connectivity index (χ0v) is 35.8. The summed E-state index contributed by atoms with van der Waals surface area (Å²) in [6.45, 7) is 6.26. The average molecular weight is 768 g/mol. The van der Waals surface area contributed by atoms with Crippen LogP contribution in [0.4, 0.5) is 0 Å². The molecule has 0 radical (unpaired) electrons. The third-order valence-electron chi connectivity index (χ3n) is 9.89. The Kier molecular flexibility index (Phi) is 40.4. The number of unbranched alkanes of at least 4 members (excludes halogenated alkanes) is 19. The molecule has 3 atom stereocenters. The van der Waals surface area contributed by atoms with Crippen molar-refractivity contribution in [3.63, 3.8) is 0 Å². The van der Waals surface area contributed by atoms with Crippen LogP contribution in [0.5, 0.6) is 0 Å². The second-order valence-corrected chi connectivity index (χ2v) is 15.2. The molecule has 3 N–H and O–H groups in total. The summed E-state index contributed by atoms with van der Waals surface area (Å²) in [4.78, 5) is 26.0. The second-order valence-electron chi connectivity index (χ2n) is 15.2. The summed E-state index contributed by atoms with van der Waals surface area (Å²) in [5.41, 5.74) is 0. The first-order chi connectivity index (χ1) is 27.0. The number of carbonyl (C=O) groups is 2. The zero-order chi connectivity index (χ0) is 40.3. The van der Waals surface area contributed by atoms with Crippen LogP contribution in [-0.2, 0) is 14.3 Å². The van der Waals surface area contributed by atoms with Crippen molar-refractivity contribution in [3.05, 3.63) is 72.9 Å². The monoisotopic (exact) mass is 768 g/mol. The van der Waals surface area contributed by atoms with Gasteiger partial charge in [0, 0.05) is 6.42 Å². The quantitative estimate of drug-likeness (QED) is 0.0329. The largest absolute Gasteiger partial charge is 0.462 e. The van der Waals surface area contributed by atoms with Crippen molar-refractivity contribution < 1.29 is 24.5 Å². The lowest BCUT2D eigenvalue weighted by Gasteiger charge is -2.24. The lowest BCUT2D eigenvalue weighted by Crippen LogP contribution is -2.46. The van der Waals surface area contributed by atoms with Crippen molar-refractivity contribution in [2.75, 3.05) is 6.61 Å².